The van der Waals surface area contributed by atoms with Crippen molar-refractivity contribution in [2.24, 2.45) is 0 Å². The molecule has 0 atom stereocenters. The minimum Gasteiger partial charge on any atom is -0.390 e. The molecule has 1 aromatic carbocycles. The molecule has 0 aliphatic carbocycles. The van der Waals surface area contributed by atoms with Crippen LogP contribution in [0.2, 0.25) is 0 Å². The molecule has 0 saturated carbocycles. The minimum absolute atomic E-state index is 0.175. The SMILES string of the molecule is OCc1c(-c2ccncc2)nc2sc(-c3ccc(F)cc3)nn12. The van der Waals surface area contributed by atoms with Gasteiger partial charge in [-0.25, -0.2) is 13.9 Å². The molecule has 4 aromatic rings. The van der Waals surface area contributed by atoms with E-state index in [1.54, 1.807) is 29.0 Å². The minimum atomic E-state index is -0.286. The van der Waals surface area contributed by atoms with Crippen LogP contribution in [0.4, 0.5) is 4.39 Å². The van der Waals surface area contributed by atoms with E-state index in [-0.39, 0.29) is 12.4 Å². The Balaban J connectivity index is 1.85. The van der Waals surface area contributed by atoms with Crippen molar-refractivity contribution in [2.45, 2.75) is 6.61 Å². The first-order valence-corrected chi connectivity index (χ1v) is 7.73. The van der Waals surface area contributed by atoms with Crippen molar-refractivity contribution in [1.29, 1.82) is 0 Å². The normalized spacial score (nSPS) is 11.2. The van der Waals surface area contributed by atoms with E-state index in [0.29, 0.717) is 16.3 Å². The lowest BCUT2D eigenvalue weighted by Gasteiger charge is -2.00. The lowest BCUT2D eigenvalue weighted by molar-refractivity contribution is 0.275. The van der Waals surface area contributed by atoms with Gasteiger partial charge in [-0.3, -0.25) is 4.98 Å². The molecule has 0 aliphatic heterocycles. The van der Waals surface area contributed by atoms with Gasteiger partial charge in [0.05, 0.1) is 18.0 Å². The summed E-state index contributed by atoms with van der Waals surface area (Å²) in [7, 11) is 0. The number of benzene rings is 1. The predicted molar refractivity (Wildman–Crippen MR) is 85.4 cm³/mol. The number of pyridine rings is 1. The van der Waals surface area contributed by atoms with Crippen molar-refractivity contribution in [3.63, 3.8) is 0 Å². The number of rotatable bonds is 3. The third kappa shape index (κ3) is 2.39. The van der Waals surface area contributed by atoms with Crippen molar-refractivity contribution in [1.82, 2.24) is 19.6 Å². The summed E-state index contributed by atoms with van der Waals surface area (Å²) >= 11 is 1.39. The second-order valence-corrected chi connectivity index (χ2v) is 5.87. The number of hydrogen-bond acceptors (Lipinski definition) is 5. The van der Waals surface area contributed by atoms with Gasteiger partial charge in [0.2, 0.25) is 4.96 Å². The monoisotopic (exact) mass is 326 g/mol. The van der Waals surface area contributed by atoms with Crippen LogP contribution in [0.25, 0.3) is 26.8 Å². The van der Waals surface area contributed by atoms with Gasteiger partial charge in [0.15, 0.2) is 0 Å². The van der Waals surface area contributed by atoms with Gasteiger partial charge in [0.25, 0.3) is 0 Å². The van der Waals surface area contributed by atoms with Crippen LogP contribution in [0.15, 0.2) is 48.8 Å². The first-order valence-electron chi connectivity index (χ1n) is 6.92. The van der Waals surface area contributed by atoms with E-state index in [0.717, 1.165) is 16.1 Å². The van der Waals surface area contributed by atoms with E-state index in [4.69, 9.17) is 0 Å². The number of imidazole rings is 1. The molecule has 7 heteroatoms. The maximum atomic E-state index is 13.0. The molecular formula is C16H11FN4OS. The zero-order chi connectivity index (χ0) is 15.8. The molecule has 0 unspecified atom stereocenters. The number of aromatic nitrogens is 4. The lowest BCUT2D eigenvalue weighted by atomic mass is 10.1. The Hall–Kier alpha value is -2.64. The molecule has 3 heterocycles. The van der Waals surface area contributed by atoms with Crippen molar-refractivity contribution >= 4 is 16.3 Å². The van der Waals surface area contributed by atoms with Gasteiger partial charge >= 0.3 is 0 Å². The van der Waals surface area contributed by atoms with E-state index >= 15 is 0 Å². The number of aliphatic hydroxyl groups excluding tert-OH is 1. The average Bonchev–Trinajstić information content (AvgIpc) is 3.13. The quantitative estimate of drug-likeness (QED) is 0.628. The Morgan fingerprint density at radius 2 is 1.78 bits per heavy atom. The van der Waals surface area contributed by atoms with Crippen molar-refractivity contribution in [3.05, 3.63) is 60.3 Å². The highest BCUT2D eigenvalue weighted by Crippen LogP contribution is 2.30. The topological polar surface area (TPSA) is 63.3 Å². The van der Waals surface area contributed by atoms with Gasteiger partial charge in [0, 0.05) is 23.5 Å². The summed E-state index contributed by atoms with van der Waals surface area (Å²) in [6, 6.07) is 9.83. The molecule has 4 rings (SSSR count). The van der Waals surface area contributed by atoms with Gasteiger partial charge in [0.1, 0.15) is 10.8 Å². The second-order valence-electron chi connectivity index (χ2n) is 4.91. The molecule has 0 spiro atoms. The van der Waals surface area contributed by atoms with Gasteiger partial charge in [-0.05, 0) is 36.4 Å². The Bertz CT molecular complexity index is 963. The van der Waals surface area contributed by atoms with Crippen molar-refractivity contribution < 1.29 is 9.50 Å². The summed E-state index contributed by atoms with van der Waals surface area (Å²) in [6.07, 6.45) is 3.36. The Kier molecular flexibility index (Phi) is 3.36. The number of halogens is 1. The fourth-order valence-corrected chi connectivity index (χ4v) is 3.31. The lowest BCUT2D eigenvalue weighted by Crippen LogP contribution is -1.95. The molecule has 0 saturated heterocycles. The first-order chi connectivity index (χ1) is 11.3. The van der Waals surface area contributed by atoms with Crippen LogP contribution in [0.1, 0.15) is 5.69 Å². The largest absolute Gasteiger partial charge is 0.390 e. The molecular weight excluding hydrogens is 315 g/mol. The van der Waals surface area contributed by atoms with Gasteiger partial charge in [-0.1, -0.05) is 11.3 Å². The molecule has 23 heavy (non-hydrogen) atoms. The predicted octanol–water partition coefficient (Wildman–Crippen LogP) is 3.15. The van der Waals surface area contributed by atoms with E-state index in [2.05, 4.69) is 15.1 Å². The van der Waals surface area contributed by atoms with Gasteiger partial charge in [-0.2, -0.15) is 5.10 Å². The maximum absolute atomic E-state index is 13.0. The van der Waals surface area contributed by atoms with E-state index < -0.39 is 0 Å². The van der Waals surface area contributed by atoms with Crippen LogP contribution in [0.5, 0.6) is 0 Å². The zero-order valence-electron chi connectivity index (χ0n) is 11.8. The van der Waals surface area contributed by atoms with Crippen LogP contribution in [0.3, 0.4) is 0 Å². The zero-order valence-corrected chi connectivity index (χ0v) is 12.7. The number of aliphatic hydroxyl groups is 1. The van der Waals surface area contributed by atoms with E-state index in [9.17, 15) is 9.50 Å². The van der Waals surface area contributed by atoms with Gasteiger partial charge < -0.3 is 5.11 Å². The molecule has 1 N–H and O–H groups in total. The molecule has 0 fully saturated rings. The smallest absolute Gasteiger partial charge is 0.213 e. The van der Waals surface area contributed by atoms with Crippen LogP contribution in [-0.2, 0) is 6.61 Å². The highest BCUT2D eigenvalue weighted by atomic mass is 32.1. The molecule has 0 bridgehead atoms. The summed E-state index contributed by atoms with van der Waals surface area (Å²) in [4.78, 5) is 9.24. The fraction of sp³-hybridized carbons (Fsp3) is 0.0625. The van der Waals surface area contributed by atoms with Crippen LogP contribution in [-0.4, -0.2) is 24.7 Å². The average molecular weight is 326 g/mol. The highest BCUT2D eigenvalue weighted by molar-refractivity contribution is 7.19. The molecule has 0 aliphatic rings. The molecule has 114 valence electrons. The van der Waals surface area contributed by atoms with E-state index in [1.807, 2.05) is 12.1 Å². The Labute approximate surface area is 134 Å². The summed E-state index contributed by atoms with van der Waals surface area (Å²) in [5.41, 5.74) is 3.01. The summed E-state index contributed by atoms with van der Waals surface area (Å²) in [6.45, 7) is -0.175. The molecule has 5 nitrogen and oxygen atoms in total. The van der Waals surface area contributed by atoms with E-state index in [1.165, 1.54) is 23.5 Å². The van der Waals surface area contributed by atoms with Crippen LogP contribution < -0.4 is 0 Å². The molecule has 0 amide bonds. The highest BCUT2D eigenvalue weighted by Gasteiger charge is 2.17. The number of nitrogens with zero attached hydrogens (tertiary/aromatic N) is 4. The van der Waals surface area contributed by atoms with Crippen molar-refractivity contribution in [2.75, 3.05) is 0 Å². The number of fused-ring (bicyclic) bond motifs is 1. The fourth-order valence-electron chi connectivity index (χ4n) is 2.38. The summed E-state index contributed by atoms with van der Waals surface area (Å²) in [5.74, 6) is -0.286. The molecule has 0 radical (unpaired) electrons. The molecule has 3 aromatic heterocycles. The third-order valence-electron chi connectivity index (χ3n) is 3.49. The maximum Gasteiger partial charge on any atom is 0.213 e. The number of hydrogen-bond donors (Lipinski definition) is 1. The van der Waals surface area contributed by atoms with Crippen LogP contribution in [0, 0.1) is 5.82 Å². The first kappa shape index (κ1) is 14.0. The Morgan fingerprint density at radius 1 is 1.04 bits per heavy atom. The summed E-state index contributed by atoms with van der Waals surface area (Å²) in [5, 5.41) is 15.0. The third-order valence-corrected chi connectivity index (χ3v) is 4.45. The Morgan fingerprint density at radius 3 is 2.48 bits per heavy atom. The van der Waals surface area contributed by atoms with Crippen molar-refractivity contribution in [3.8, 4) is 21.8 Å². The van der Waals surface area contributed by atoms with Crippen LogP contribution >= 0.6 is 11.3 Å². The second kappa shape index (κ2) is 5.53. The summed E-state index contributed by atoms with van der Waals surface area (Å²) < 4.78 is 14.7. The standard InChI is InChI=1S/C16H11FN4OS/c17-12-3-1-11(2-4-12)15-20-21-13(9-22)14(19-16(21)23-15)10-5-7-18-8-6-10/h1-8,22H,9H2. The van der Waals surface area contributed by atoms with Gasteiger partial charge in [-0.15, -0.1) is 0 Å².